The first-order valence-electron chi connectivity index (χ1n) is 3.44. The molecule has 72 valence electrons. The Morgan fingerprint density at radius 1 is 1.00 bits per heavy atom. The van der Waals surface area contributed by atoms with Crippen molar-refractivity contribution in [3.05, 3.63) is 35.4 Å². The SMILES string of the molecule is FC(F)(F)c1ccc(C(S)S)cc1. The highest BCUT2D eigenvalue weighted by molar-refractivity contribution is 7.98. The fraction of sp³-hybridized carbons (Fsp3) is 0.250. The Kier molecular flexibility index (Phi) is 3.18. The van der Waals surface area contributed by atoms with Crippen molar-refractivity contribution >= 4 is 25.3 Å². The third kappa shape index (κ3) is 2.84. The van der Waals surface area contributed by atoms with Crippen LogP contribution in [0.5, 0.6) is 0 Å². The fourth-order valence-electron chi connectivity index (χ4n) is 0.844. The van der Waals surface area contributed by atoms with Gasteiger partial charge in [-0.2, -0.15) is 38.4 Å². The Morgan fingerprint density at radius 3 is 1.77 bits per heavy atom. The second-order valence-corrected chi connectivity index (χ2v) is 3.93. The largest absolute Gasteiger partial charge is 0.416 e. The number of thiol groups is 2. The maximum atomic E-state index is 12.1. The minimum atomic E-state index is -4.28. The molecule has 0 atom stereocenters. The average molecular weight is 224 g/mol. The van der Waals surface area contributed by atoms with Crippen molar-refractivity contribution in [1.82, 2.24) is 0 Å². The second-order valence-electron chi connectivity index (χ2n) is 2.49. The van der Waals surface area contributed by atoms with E-state index in [0.717, 1.165) is 12.1 Å². The summed E-state index contributed by atoms with van der Waals surface area (Å²) in [5.74, 6) is 0. The van der Waals surface area contributed by atoms with Gasteiger partial charge < -0.3 is 0 Å². The molecule has 1 aromatic carbocycles. The van der Waals surface area contributed by atoms with Gasteiger partial charge in [0, 0.05) is 0 Å². The van der Waals surface area contributed by atoms with Crippen molar-refractivity contribution in [3.63, 3.8) is 0 Å². The number of benzene rings is 1. The van der Waals surface area contributed by atoms with Gasteiger partial charge in [-0.05, 0) is 17.7 Å². The van der Waals surface area contributed by atoms with Crippen LogP contribution >= 0.6 is 25.3 Å². The zero-order chi connectivity index (χ0) is 10.1. The molecule has 0 radical (unpaired) electrons. The van der Waals surface area contributed by atoms with Gasteiger partial charge in [-0.3, -0.25) is 0 Å². The highest BCUT2D eigenvalue weighted by atomic mass is 32.2. The Morgan fingerprint density at radius 2 is 1.46 bits per heavy atom. The summed E-state index contributed by atoms with van der Waals surface area (Å²) < 4.78 is 35.9. The standard InChI is InChI=1S/C8H7F3S2/c9-8(10,11)6-3-1-5(2-4-6)7(12)13/h1-4,7,12-13H. The molecule has 0 spiro atoms. The first-order chi connectivity index (χ1) is 5.91. The van der Waals surface area contributed by atoms with Gasteiger partial charge in [-0.25, -0.2) is 0 Å². The monoisotopic (exact) mass is 224 g/mol. The molecule has 5 heteroatoms. The van der Waals surface area contributed by atoms with E-state index in [1.54, 1.807) is 0 Å². The third-order valence-corrected chi connectivity index (χ3v) is 2.13. The van der Waals surface area contributed by atoms with Gasteiger partial charge in [-0.15, -0.1) is 0 Å². The molecule has 0 bridgehead atoms. The van der Waals surface area contributed by atoms with Crippen molar-refractivity contribution in [1.29, 1.82) is 0 Å². The van der Waals surface area contributed by atoms with Crippen LogP contribution in [0.1, 0.15) is 15.7 Å². The zero-order valence-electron chi connectivity index (χ0n) is 6.42. The smallest absolute Gasteiger partial charge is 0.166 e. The highest BCUT2D eigenvalue weighted by Gasteiger charge is 2.29. The van der Waals surface area contributed by atoms with Gasteiger partial charge in [-0.1, -0.05) is 12.1 Å². The molecule has 0 N–H and O–H groups in total. The van der Waals surface area contributed by atoms with E-state index in [2.05, 4.69) is 25.3 Å². The molecular weight excluding hydrogens is 217 g/mol. The molecule has 0 saturated heterocycles. The molecule has 0 aliphatic heterocycles. The predicted molar refractivity (Wildman–Crippen MR) is 52.2 cm³/mol. The van der Waals surface area contributed by atoms with Gasteiger partial charge >= 0.3 is 6.18 Å². The van der Waals surface area contributed by atoms with E-state index in [-0.39, 0.29) is 4.58 Å². The predicted octanol–water partition coefficient (Wildman–Crippen LogP) is 3.56. The van der Waals surface area contributed by atoms with Crippen molar-refractivity contribution in [2.45, 2.75) is 10.8 Å². The van der Waals surface area contributed by atoms with E-state index in [9.17, 15) is 13.2 Å². The molecule has 0 aliphatic carbocycles. The van der Waals surface area contributed by atoms with Crippen molar-refractivity contribution in [3.8, 4) is 0 Å². The van der Waals surface area contributed by atoms with Gasteiger partial charge in [0.2, 0.25) is 0 Å². The molecule has 0 amide bonds. The van der Waals surface area contributed by atoms with Crippen LogP contribution in [0, 0.1) is 0 Å². The summed E-state index contributed by atoms with van der Waals surface area (Å²) in [4.78, 5) is 0. The molecule has 0 aliphatic rings. The first kappa shape index (κ1) is 10.8. The lowest BCUT2D eigenvalue weighted by Crippen LogP contribution is -2.04. The topological polar surface area (TPSA) is 0 Å². The molecule has 0 nitrogen and oxygen atoms in total. The molecule has 0 aromatic heterocycles. The quantitative estimate of drug-likeness (QED) is 0.529. The lowest BCUT2D eigenvalue weighted by molar-refractivity contribution is -0.137. The normalized spacial score (nSPS) is 12.2. The second kappa shape index (κ2) is 3.84. The van der Waals surface area contributed by atoms with Crippen LogP contribution in [0.4, 0.5) is 13.2 Å². The Balaban J connectivity index is 2.94. The lowest BCUT2D eigenvalue weighted by Gasteiger charge is -2.08. The van der Waals surface area contributed by atoms with Crippen molar-refractivity contribution in [2.24, 2.45) is 0 Å². The number of rotatable bonds is 1. The maximum Gasteiger partial charge on any atom is 0.416 e. The Hall–Kier alpha value is -0.290. The van der Waals surface area contributed by atoms with E-state index < -0.39 is 11.7 Å². The minimum absolute atomic E-state index is 0.345. The summed E-state index contributed by atoms with van der Waals surface area (Å²) in [6.07, 6.45) is -4.28. The van der Waals surface area contributed by atoms with E-state index >= 15 is 0 Å². The molecule has 0 heterocycles. The van der Waals surface area contributed by atoms with E-state index in [1.807, 2.05) is 0 Å². The van der Waals surface area contributed by atoms with Crippen LogP contribution in [0.25, 0.3) is 0 Å². The minimum Gasteiger partial charge on any atom is -0.166 e. The first-order valence-corrected chi connectivity index (χ1v) is 4.48. The maximum absolute atomic E-state index is 12.1. The Labute approximate surface area is 85.0 Å². The van der Waals surface area contributed by atoms with Crippen LogP contribution in [0.3, 0.4) is 0 Å². The summed E-state index contributed by atoms with van der Waals surface area (Å²) in [6, 6.07) is 4.78. The number of hydrogen-bond donors (Lipinski definition) is 2. The van der Waals surface area contributed by atoms with Crippen LogP contribution in [0.2, 0.25) is 0 Å². The summed E-state index contributed by atoms with van der Waals surface area (Å²) >= 11 is 7.95. The molecule has 1 rings (SSSR count). The molecule has 13 heavy (non-hydrogen) atoms. The third-order valence-electron chi connectivity index (χ3n) is 1.54. The van der Waals surface area contributed by atoms with Crippen LogP contribution in [0.15, 0.2) is 24.3 Å². The summed E-state index contributed by atoms with van der Waals surface area (Å²) in [7, 11) is 0. The van der Waals surface area contributed by atoms with E-state index in [4.69, 9.17) is 0 Å². The van der Waals surface area contributed by atoms with Gasteiger partial charge in [0.05, 0.1) is 10.1 Å². The van der Waals surface area contributed by atoms with E-state index in [1.165, 1.54) is 12.1 Å². The zero-order valence-corrected chi connectivity index (χ0v) is 8.20. The molecule has 0 fully saturated rings. The summed E-state index contributed by atoms with van der Waals surface area (Å²) in [6.45, 7) is 0. The van der Waals surface area contributed by atoms with Gasteiger partial charge in [0.15, 0.2) is 0 Å². The number of halogens is 3. The molecular formula is C8H7F3S2. The van der Waals surface area contributed by atoms with Crippen molar-refractivity contribution < 1.29 is 13.2 Å². The van der Waals surface area contributed by atoms with Crippen LogP contribution in [-0.2, 0) is 6.18 Å². The van der Waals surface area contributed by atoms with Crippen LogP contribution in [-0.4, -0.2) is 0 Å². The van der Waals surface area contributed by atoms with Crippen LogP contribution < -0.4 is 0 Å². The fourth-order valence-corrected chi connectivity index (χ4v) is 1.19. The molecule has 0 unspecified atom stereocenters. The Bertz CT molecular complexity index is 276. The highest BCUT2D eigenvalue weighted by Crippen LogP contribution is 2.31. The number of hydrogen-bond acceptors (Lipinski definition) is 2. The van der Waals surface area contributed by atoms with Gasteiger partial charge in [0.25, 0.3) is 0 Å². The average Bonchev–Trinajstić information content (AvgIpc) is 2.03. The number of alkyl halides is 3. The lowest BCUT2D eigenvalue weighted by atomic mass is 10.1. The van der Waals surface area contributed by atoms with E-state index in [0.29, 0.717) is 5.56 Å². The van der Waals surface area contributed by atoms with Crippen molar-refractivity contribution in [2.75, 3.05) is 0 Å². The summed E-state index contributed by atoms with van der Waals surface area (Å²) in [5.41, 5.74) is -0.00164. The molecule has 1 aromatic rings. The summed E-state index contributed by atoms with van der Waals surface area (Å²) in [5, 5.41) is 0. The molecule has 0 saturated carbocycles. The van der Waals surface area contributed by atoms with Gasteiger partial charge in [0.1, 0.15) is 0 Å².